The molecule has 2 unspecified atom stereocenters. The van der Waals surface area contributed by atoms with Crippen LogP contribution in [0.4, 0.5) is 0 Å². The minimum absolute atomic E-state index is 0.460. The van der Waals surface area contributed by atoms with Gasteiger partial charge in [0.25, 0.3) is 10.0 Å². The Morgan fingerprint density at radius 1 is 1.50 bits per heavy atom. The first kappa shape index (κ1) is 15.9. The predicted octanol–water partition coefficient (Wildman–Crippen LogP) is 2.52. The second-order valence-corrected chi connectivity index (χ2v) is 8.89. The van der Waals surface area contributed by atoms with Gasteiger partial charge in [-0.15, -0.1) is 11.3 Å². The summed E-state index contributed by atoms with van der Waals surface area (Å²) >= 11 is 1.32. The molecule has 0 amide bonds. The van der Waals surface area contributed by atoms with Gasteiger partial charge in [0.1, 0.15) is 4.21 Å². The summed E-state index contributed by atoms with van der Waals surface area (Å²) in [6, 6.07) is 1.80. The van der Waals surface area contributed by atoms with Crippen LogP contribution < -0.4 is 5.32 Å². The average Bonchev–Trinajstić information content (AvgIpc) is 2.91. The molecule has 0 saturated heterocycles. The van der Waals surface area contributed by atoms with Gasteiger partial charge in [0, 0.05) is 20.1 Å². The third kappa shape index (κ3) is 3.81. The third-order valence-corrected chi connectivity index (χ3v) is 7.11. The van der Waals surface area contributed by atoms with Crippen molar-refractivity contribution in [2.45, 2.75) is 37.4 Å². The Morgan fingerprint density at radius 2 is 2.20 bits per heavy atom. The minimum Gasteiger partial charge on any atom is -0.313 e. The van der Waals surface area contributed by atoms with Gasteiger partial charge < -0.3 is 5.32 Å². The van der Waals surface area contributed by atoms with Gasteiger partial charge >= 0.3 is 0 Å². The Morgan fingerprint density at radius 3 is 2.80 bits per heavy atom. The van der Waals surface area contributed by atoms with Crippen molar-refractivity contribution >= 4 is 21.4 Å². The first-order valence-electron chi connectivity index (χ1n) is 7.19. The second-order valence-electron chi connectivity index (χ2n) is 5.71. The van der Waals surface area contributed by atoms with E-state index in [2.05, 4.69) is 19.2 Å². The summed E-state index contributed by atoms with van der Waals surface area (Å²) in [6.45, 7) is 6.63. The van der Waals surface area contributed by atoms with Gasteiger partial charge in [-0.3, -0.25) is 0 Å². The predicted molar refractivity (Wildman–Crippen MR) is 83.4 cm³/mol. The summed E-state index contributed by atoms with van der Waals surface area (Å²) in [5, 5.41) is 5.23. The standard InChI is InChI=1S/C14H24N2O2S2/c1-4-5-15-8-12-7-14(19-10-12)20(17,18)16(3)9-13-6-11(13)2/h7,10-11,13,15H,4-6,8-9H2,1-3H3. The fourth-order valence-electron chi connectivity index (χ4n) is 2.23. The Hall–Kier alpha value is -0.430. The highest BCUT2D eigenvalue weighted by Gasteiger charge is 2.36. The van der Waals surface area contributed by atoms with Gasteiger partial charge in [-0.1, -0.05) is 13.8 Å². The van der Waals surface area contributed by atoms with Crippen LogP contribution in [0.1, 0.15) is 32.3 Å². The van der Waals surface area contributed by atoms with E-state index in [0.717, 1.165) is 31.5 Å². The SMILES string of the molecule is CCCNCc1csc(S(=O)(=O)N(C)CC2CC2C)c1. The molecular weight excluding hydrogens is 292 g/mol. The molecule has 0 bridgehead atoms. The summed E-state index contributed by atoms with van der Waals surface area (Å²) in [6.07, 6.45) is 2.23. The van der Waals surface area contributed by atoms with E-state index in [0.29, 0.717) is 22.6 Å². The van der Waals surface area contributed by atoms with Gasteiger partial charge in [-0.05, 0) is 48.2 Å². The lowest BCUT2D eigenvalue weighted by Crippen LogP contribution is -2.28. The van der Waals surface area contributed by atoms with E-state index in [1.54, 1.807) is 13.1 Å². The monoisotopic (exact) mass is 316 g/mol. The maximum atomic E-state index is 12.5. The van der Waals surface area contributed by atoms with E-state index >= 15 is 0 Å². The van der Waals surface area contributed by atoms with E-state index in [-0.39, 0.29) is 0 Å². The van der Waals surface area contributed by atoms with Crippen LogP contribution in [0.3, 0.4) is 0 Å². The molecule has 6 heteroatoms. The zero-order chi connectivity index (χ0) is 14.8. The highest BCUT2D eigenvalue weighted by molar-refractivity contribution is 7.91. The van der Waals surface area contributed by atoms with Crippen molar-refractivity contribution in [2.75, 3.05) is 20.1 Å². The van der Waals surface area contributed by atoms with Crippen molar-refractivity contribution in [2.24, 2.45) is 11.8 Å². The van der Waals surface area contributed by atoms with Gasteiger partial charge in [0.15, 0.2) is 0 Å². The number of nitrogens with zero attached hydrogens (tertiary/aromatic N) is 1. The molecule has 1 heterocycles. The van der Waals surface area contributed by atoms with E-state index in [9.17, 15) is 8.42 Å². The normalized spacial score (nSPS) is 22.4. The quantitative estimate of drug-likeness (QED) is 0.750. The molecule has 1 fully saturated rings. The smallest absolute Gasteiger partial charge is 0.252 e. The molecule has 0 radical (unpaired) electrons. The summed E-state index contributed by atoms with van der Waals surface area (Å²) in [4.78, 5) is 0. The van der Waals surface area contributed by atoms with Crippen molar-refractivity contribution in [1.82, 2.24) is 9.62 Å². The van der Waals surface area contributed by atoms with Gasteiger partial charge in [0.2, 0.25) is 0 Å². The Balaban J connectivity index is 1.98. The maximum absolute atomic E-state index is 12.5. The molecule has 0 aromatic carbocycles. The molecular formula is C14H24N2O2S2. The summed E-state index contributed by atoms with van der Waals surface area (Å²) in [5.41, 5.74) is 1.05. The van der Waals surface area contributed by atoms with Crippen LogP contribution in [0, 0.1) is 11.8 Å². The lowest BCUT2D eigenvalue weighted by molar-refractivity contribution is 0.446. The number of nitrogens with one attached hydrogen (secondary N) is 1. The number of sulfonamides is 1. The first-order chi connectivity index (χ1) is 9.45. The topological polar surface area (TPSA) is 49.4 Å². The molecule has 0 spiro atoms. The first-order valence-corrected chi connectivity index (χ1v) is 9.51. The van der Waals surface area contributed by atoms with E-state index < -0.39 is 10.0 Å². The molecule has 1 aliphatic rings. The molecule has 0 aliphatic heterocycles. The third-order valence-electron chi connectivity index (χ3n) is 3.82. The lowest BCUT2D eigenvalue weighted by Gasteiger charge is -2.15. The molecule has 1 saturated carbocycles. The second kappa shape index (κ2) is 6.56. The van der Waals surface area contributed by atoms with E-state index in [1.807, 2.05) is 5.38 Å². The van der Waals surface area contributed by atoms with Crippen LogP contribution in [0.5, 0.6) is 0 Å². The Bertz CT molecular complexity index is 539. The number of hydrogen-bond donors (Lipinski definition) is 1. The minimum atomic E-state index is -3.30. The van der Waals surface area contributed by atoms with Gasteiger partial charge in [0.05, 0.1) is 0 Å². The average molecular weight is 316 g/mol. The van der Waals surface area contributed by atoms with Gasteiger partial charge in [-0.25, -0.2) is 8.42 Å². The summed E-state index contributed by atoms with van der Waals surface area (Å²) in [5.74, 6) is 1.21. The molecule has 4 nitrogen and oxygen atoms in total. The number of hydrogen-bond acceptors (Lipinski definition) is 4. The number of thiophene rings is 1. The van der Waals surface area contributed by atoms with Crippen molar-refractivity contribution in [3.8, 4) is 0 Å². The van der Waals surface area contributed by atoms with Crippen LogP contribution in [-0.2, 0) is 16.6 Å². The molecule has 2 rings (SSSR count). The molecule has 1 N–H and O–H groups in total. The summed E-state index contributed by atoms with van der Waals surface area (Å²) < 4.78 is 26.9. The van der Waals surface area contributed by atoms with Crippen LogP contribution in [0.25, 0.3) is 0 Å². The molecule has 114 valence electrons. The molecule has 1 aromatic rings. The lowest BCUT2D eigenvalue weighted by atomic mass is 10.3. The zero-order valence-electron chi connectivity index (χ0n) is 12.4. The highest BCUT2D eigenvalue weighted by atomic mass is 32.2. The number of rotatable bonds is 8. The van der Waals surface area contributed by atoms with E-state index in [1.165, 1.54) is 15.6 Å². The highest BCUT2D eigenvalue weighted by Crippen LogP contribution is 2.39. The molecule has 20 heavy (non-hydrogen) atoms. The maximum Gasteiger partial charge on any atom is 0.252 e. The fourth-order valence-corrected chi connectivity index (χ4v) is 4.87. The van der Waals surface area contributed by atoms with Crippen molar-refractivity contribution < 1.29 is 8.42 Å². The van der Waals surface area contributed by atoms with Gasteiger partial charge in [-0.2, -0.15) is 4.31 Å². The van der Waals surface area contributed by atoms with Crippen LogP contribution >= 0.6 is 11.3 Å². The van der Waals surface area contributed by atoms with Crippen LogP contribution in [-0.4, -0.2) is 32.9 Å². The molecule has 1 aromatic heterocycles. The largest absolute Gasteiger partial charge is 0.313 e. The van der Waals surface area contributed by atoms with Crippen molar-refractivity contribution in [3.05, 3.63) is 17.0 Å². The van der Waals surface area contributed by atoms with Crippen molar-refractivity contribution in [3.63, 3.8) is 0 Å². The Kier molecular flexibility index (Phi) is 5.23. The molecule has 2 atom stereocenters. The summed E-state index contributed by atoms with van der Waals surface area (Å²) in [7, 11) is -1.61. The van der Waals surface area contributed by atoms with Crippen LogP contribution in [0.2, 0.25) is 0 Å². The zero-order valence-corrected chi connectivity index (χ0v) is 14.1. The van der Waals surface area contributed by atoms with E-state index in [4.69, 9.17) is 0 Å². The fraction of sp³-hybridized carbons (Fsp3) is 0.714. The van der Waals surface area contributed by atoms with Crippen molar-refractivity contribution in [1.29, 1.82) is 0 Å². The Labute approximate surface area is 126 Å². The molecule has 1 aliphatic carbocycles. The van der Waals surface area contributed by atoms with Crippen LogP contribution in [0.15, 0.2) is 15.7 Å².